The lowest BCUT2D eigenvalue weighted by Crippen LogP contribution is -2.25. The zero-order valence-electron chi connectivity index (χ0n) is 20.1. The van der Waals surface area contributed by atoms with Gasteiger partial charge >= 0.3 is 11.9 Å². The zero-order valence-corrected chi connectivity index (χ0v) is 20.1. The van der Waals surface area contributed by atoms with E-state index in [1.165, 1.54) is 0 Å². The van der Waals surface area contributed by atoms with Gasteiger partial charge in [0.05, 0.1) is 35.7 Å². The summed E-state index contributed by atoms with van der Waals surface area (Å²) in [5, 5.41) is 15.2. The topological polar surface area (TPSA) is 108 Å². The highest BCUT2D eigenvalue weighted by atomic mass is 16.5. The number of aliphatic carboxylic acids is 1. The summed E-state index contributed by atoms with van der Waals surface area (Å²) in [6.45, 7) is 2.46. The molecule has 3 aromatic rings. The molecule has 0 saturated heterocycles. The van der Waals surface area contributed by atoms with Crippen molar-refractivity contribution in [2.45, 2.75) is 13.5 Å². The molecule has 0 unspecified atom stereocenters. The van der Waals surface area contributed by atoms with Crippen molar-refractivity contribution < 1.29 is 24.2 Å². The molecule has 1 amide bonds. The Hall–Kier alpha value is -4.43. The van der Waals surface area contributed by atoms with Crippen molar-refractivity contribution in [3.05, 3.63) is 95.1 Å². The average molecular weight is 486 g/mol. The maximum absolute atomic E-state index is 13.1. The maximum Gasteiger partial charge on any atom is 0.338 e. The van der Waals surface area contributed by atoms with Crippen molar-refractivity contribution >= 4 is 40.5 Å². The van der Waals surface area contributed by atoms with Crippen LogP contribution < -0.4 is 10.6 Å². The van der Waals surface area contributed by atoms with Gasteiger partial charge in [-0.25, -0.2) is 4.79 Å². The largest absolute Gasteiger partial charge is 0.480 e. The van der Waals surface area contributed by atoms with Crippen LogP contribution in [0, 0.1) is 0 Å². The predicted octanol–water partition coefficient (Wildman–Crippen LogP) is 4.31. The molecule has 184 valence electrons. The van der Waals surface area contributed by atoms with E-state index in [1.807, 2.05) is 54.6 Å². The van der Waals surface area contributed by atoms with E-state index in [9.17, 15) is 14.4 Å². The molecule has 0 aliphatic carbocycles. The normalized spacial score (nSPS) is 13.7. The van der Waals surface area contributed by atoms with E-state index in [2.05, 4.69) is 10.6 Å². The number of carbonyl (C=O) groups excluding carboxylic acids is 2. The maximum atomic E-state index is 13.1. The van der Waals surface area contributed by atoms with E-state index >= 15 is 0 Å². The molecule has 36 heavy (non-hydrogen) atoms. The van der Waals surface area contributed by atoms with E-state index in [4.69, 9.17) is 9.84 Å². The van der Waals surface area contributed by atoms with Gasteiger partial charge in [0.25, 0.3) is 5.91 Å². The molecule has 1 aliphatic rings. The summed E-state index contributed by atoms with van der Waals surface area (Å²) in [6, 6.07) is 22.2. The minimum Gasteiger partial charge on any atom is -0.480 e. The second-order valence-corrected chi connectivity index (χ2v) is 8.44. The molecule has 1 heterocycles. The van der Waals surface area contributed by atoms with Crippen LogP contribution in [0.2, 0.25) is 0 Å². The molecule has 8 nitrogen and oxygen atoms in total. The van der Waals surface area contributed by atoms with Gasteiger partial charge in [0.15, 0.2) is 0 Å². The Morgan fingerprint density at radius 1 is 1.00 bits per heavy atom. The fraction of sp³-hybridized carbons (Fsp3) is 0.179. The molecule has 0 radical (unpaired) electrons. The van der Waals surface area contributed by atoms with Crippen molar-refractivity contribution in [3.8, 4) is 0 Å². The Morgan fingerprint density at radius 2 is 1.72 bits per heavy atom. The van der Waals surface area contributed by atoms with Gasteiger partial charge in [-0.05, 0) is 49.4 Å². The van der Waals surface area contributed by atoms with E-state index in [1.54, 1.807) is 37.1 Å². The Kier molecular flexibility index (Phi) is 7.46. The third-order valence-electron chi connectivity index (χ3n) is 5.67. The summed E-state index contributed by atoms with van der Waals surface area (Å²) in [6.07, 6.45) is 0. The quantitative estimate of drug-likeness (QED) is 0.306. The fourth-order valence-electron chi connectivity index (χ4n) is 4.08. The summed E-state index contributed by atoms with van der Waals surface area (Å²) in [5.74, 6) is -1.59. The lowest BCUT2D eigenvalue weighted by atomic mass is 9.99. The van der Waals surface area contributed by atoms with Crippen LogP contribution in [0.3, 0.4) is 0 Å². The third-order valence-corrected chi connectivity index (χ3v) is 5.67. The van der Waals surface area contributed by atoms with Crippen LogP contribution in [0.25, 0.3) is 11.3 Å². The van der Waals surface area contributed by atoms with Crippen LogP contribution in [-0.2, 0) is 20.9 Å². The van der Waals surface area contributed by atoms with Gasteiger partial charge in [0.1, 0.15) is 0 Å². The standard InChI is InChI=1S/C28H27N3O5/c1-3-36-28(35)20-11-14-22-23(15-20)30-27(34)25(22)26(19-7-5-4-6-8-19)29-21-12-9-18(10-13-21)16-31(2)17-24(32)33/h4-15,29H,3,16-17H2,1-2H3,(H,30,34)(H,32,33). The summed E-state index contributed by atoms with van der Waals surface area (Å²) >= 11 is 0. The lowest BCUT2D eigenvalue weighted by Gasteiger charge is -2.17. The monoisotopic (exact) mass is 485 g/mol. The van der Waals surface area contributed by atoms with Crippen LogP contribution >= 0.6 is 0 Å². The molecule has 1 aliphatic heterocycles. The first-order valence-electron chi connectivity index (χ1n) is 11.5. The SMILES string of the molecule is CCOC(=O)c1ccc2c(c1)NC(=O)C2=C(Nc1ccc(CN(C)CC(=O)O)cc1)c1ccccc1. The minimum absolute atomic E-state index is 0.0450. The molecule has 0 atom stereocenters. The molecule has 0 spiro atoms. The van der Waals surface area contributed by atoms with Crippen LogP contribution in [0.15, 0.2) is 72.8 Å². The number of esters is 1. The minimum atomic E-state index is -0.876. The van der Waals surface area contributed by atoms with Crippen molar-refractivity contribution in [1.82, 2.24) is 4.90 Å². The smallest absolute Gasteiger partial charge is 0.338 e. The predicted molar refractivity (Wildman–Crippen MR) is 138 cm³/mol. The molecular weight excluding hydrogens is 458 g/mol. The first kappa shape index (κ1) is 24.7. The van der Waals surface area contributed by atoms with Gasteiger partial charge in [-0.3, -0.25) is 14.5 Å². The Labute approximate surface area is 209 Å². The Balaban J connectivity index is 1.68. The average Bonchev–Trinajstić information content (AvgIpc) is 3.18. The summed E-state index contributed by atoms with van der Waals surface area (Å²) < 4.78 is 5.08. The van der Waals surface area contributed by atoms with Crippen molar-refractivity contribution in [2.75, 3.05) is 30.8 Å². The van der Waals surface area contributed by atoms with Gasteiger partial charge in [-0.1, -0.05) is 48.5 Å². The molecule has 0 aromatic heterocycles. The number of benzene rings is 3. The van der Waals surface area contributed by atoms with E-state index in [0.29, 0.717) is 34.6 Å². The number of amides is 1. The van der Waals surface area contributed by atoms with Crippen molar-refractivity contribution in [3.63, 3.8) is 0 Å². The van der Waals surface area contributed by atoms with Crippen LogP contribution in [-0.4, -0.2) is 48.1 Å². The first-order chi connectivity index (χ1) is 17.4. The second-order valence-electron chi connectivity index (χ2n) is 8.44. The summed E-state index contributed by atoms with van der Waals surface area (Å²) in [5.41, 5.74) is 5.27. The van der Waals surface area contributed by atoms with Crippen molar-refractivity contribution in [1.29, 1.82) is 0 Å². The van der Waals surface area contributed by atoms with Crippen LogP contribution in [0.4, 0.5) is 11.4 Å². The van der Waals surface area contributed by atoms with Crippen molar-refractivity contribution in [2.24, 2.45) is 0 Å². The molecule has 0 bridgehead atoms. The summed E-state index contributed by atoms with van der Waals surface area (Å²) in [7, 11) is 1.75. The fourth-order valence-corrected chi connectivity index (χ4v) is 4.08. The molecule has 3 aromatic carbocycles. The Bertz CT molecular complexity index is 1320. The number of carboxylic acid groups (broad SMARTS) is 1. The first-order valence-corrected chi connectivity index (χ1v) is 11.5. The van der Waals surface area contributed by atoms with Gasteiger partial charge in [-0.2, -0.15) is 0 Å². The zero-order chi connectivity index (χ0) is 25.7. The second kappa shape index (κ2) is 10.9. The molecule has 4 rings (SSSR count). The Morgan fingerprint density at radius 3 is 2.39 bits per heavy atom. The number of nitrogens with zero attached hydrogens (tertiary/aromatic N) is 1. The highest BCUT2D eigenvalue weighted by Gasteiger charge is 2.29. The number of fused-ring (bicyclic) bond motifs is 1. The molecule has 0 fully saturated rings. The molecule has 0 saturated carbocycles. The van der Waals surface area contributed by atoms with Gasteiger partial charge in [0.2, 0.25) is 0 Å². The number of carbonyl (C=O) groups is 3. The number of rotatable bonds is 9. The van der Waals surface area contributed by atoms with Gasteiger partial charge in [-0.15, -0.1) is 0 Å². The number of ether oxygens (including phenoxy) is 1. The summed E-state index contributed by atoms with van der Waals surface area (Å²) in [4.78, 5) is 37.9. The van der Waals surface area contributed by atoms with E-state index < -0.39 is 11.9 Å². The number of anilines is 2. The van der Waals surface area contributed by atoms with E-state index in [0.717, 1.165) is 16.8 Å². The molecular formula is C28H27N3O5. The highest BCUT2D eigenvalue weighted by molar-refractivity contribution is 6.37. The number of hydrogen-bond donors (Lipinski definition) is 3. The van der Waals surface area contributed by atoms with Crippen LogP contribution in [0.5, 0.6) is 0 Å². The van der Waals surface area contributed by atoms with E-state index in [-0.39, 0.29) is 19.1 Å². The number of hydrogen-bond acceptors (Lipinski definition) is 6. The lowest BCUT2D eigenvalue weighted by molar-refractivity contribution is -0.138. The molecule has 8 heteroatoms. The highest BCUT2D eigenvalue weighted by Crippen LogP contribution is 2.38. The number of likely N-dealkylation sites (N-methyl/N-ethyl adjacent to an activating group) is 1. The van der Waals surface area contributed by atoms with Gasteiger partial charge < -0.3 is 20.5 Å². The third kappa shape index (κ3) is 5.61. The van der Waals surface area contributed by atoms with Crippen LogP contribution in [0.1, 0.15) is 34.0 Å². The van der Waals surface area contributed by atoms with Gasteiger partial charge in [0, 0.05) is 17.8 Å². The number of carboxylic acids is 1. The number of nitrogens with one attached hydrogen (secondary N) is 2. The molecule has 3 N–H and O–H groups in total.